The highest BCUT2D eigenvalue weighted by Gasteiger charge is 2.44. The fourth-order valence-corrected chi connectivity index (χ4v) is 4.41. The molecule has 4 heterocycles. The number of fused-ring (bicyclic) bond motifs is 1. The molecule has 4 N–H and O–H groups in total. The van der Waals surface area contributed by atoms with E-state index in [1.165, 1.54) is 38.8 Å². The zero-order valence-corrected chi connectivity index (χ0v) is 17.8. The third-order valence-electron chi connectivity index (χ3n) is 6.59. The van der Waals surface area contributed by atoms with Gasteiger partial charge in [0.1, 0.15) is 5.69 Å². The maximum Gasteiger partial charge on any atom is 0.326 e. The molecule has 3 fully saturated rings. The zero-order chi connectivity index (χ0) is 21.7. The summed E-state index contributed by atoms with van der Waals surface area (Å²) in [6.07, 6.45) is 10.5. The van der Waals surface area contributed by atoms with Crippen LogP contribution in [-0.4, -0.2) is 71.8 Å². The van der Waals surface area contributed by atoms with Crippen LogP contribution in [-0.2, 0) is 0 Å². The predicted octanol–water partition coefficient (Wildman–Crippen LogP) is -0.255. The van der Waals surface area contributed by atoms with E-state index in [1.54, 1.807) is 16.8 Å². The van der Waals surface area contributed by atoms with Crippen molar-refractivity contribution >= 4 is 17.7 Å². The predicted molar refractivity (Wildman–Crippen MR) is 117 cm³/mol. The molecule has 0 atom stereocenters. The molecule has 0 spiro atoms. The molecule has 168 valence electrons. The maximum absolute atomic E-state index is 11.5. The standard InChI is InChI=1S/C21H27N9O2/c31-17-15(25-20(32)27-17)9-13-10-23-30-16(13)26-18(28-19(30)24-14-3-4-14)22-11-21(5-6-21)12-29-7-1-2-8-29/h9-10,14,31H,1-8,11-12H2,(H,22,24,28)(H2,25,27,32)/b13-9+. The van der Waals surface area contributed by atoms with Gasteiger partial charge in [0.15, 0.2) is 5.65 Å². The molecule has 0 unspecified atom stereocenters. The Morgan fingerprint density at radius 3 is 2.75 bits per heavy atom. The van der Waals surface area contributed by atoms with Crippen LogP contribution in [0.25, 0.3) is 11.7 Å². The SMILES string of the molecule is O=c1[nH]c(O)c(/C=c2\cnn3c(=NC4CC4)nc(NCC4(CN5CCCC5)CC4)nc23)[nH]1. The number of imidazole rings is 1. The molecule has 0 radical (unpaired) electrons. The van der Waals surface area contributed by atoms with Crippen LogP contribution in [0.2, 0.25) is 0 Å². The molecule has 1 aliphatic heterocycles. The number of hydrogen-bond acceptors (Lipinski definition) is 8. The summed E-state index contributed by atoms with van der Waals surface area (Å²) < 4.78 is 1.62. The lowest BCUT2D eigenvalue weighted by Gasteiger charge is -2.23. The van der Waals surface area contributed by atoms with Crippen molar-refractivity contribution in [1.82, 2.24) is 34.4 Å². The summed E-state index contributed by atoms with van der Waals surface area (Å²) in [5.74, 6) is 0.314. The molecule has 3 aromatic heterocycles. The summed E-state index contributed by atoms with van der Waals surface area (Å²) in [6, 6.07) is 0.285. The molecule has 2 aliphatic carbocycles. The number of rotatable bonds is 7. The van der Waals surface area contributed by atoms with Crippen LogP contribution in [0.5, 0.6) is 5.88 Å². The monoisotopic (exact) mass is 437 g/mol. The lowest BCUT2D eigenvalue weighted by molar-refractivity contribution is 0.271. The Bertz CT molecular complexity index is 1320. The van der Waals surface area contributed by atoms with Crippen molar-refractivity contribution < 1.29 is 5.11 Å². The van der Waals surface area contributed by atoms with Gasteiger partial charge in [0.2, 0.25) is 11.8 Å². The van der Waals surface area contributed by atoms with Crippen LogP contribution in [0.15, 0.2) is 16.0 Å². The summed E-state index contributed by atoms with van der Waals surface area (Å²) in [4.78, 5) is 33.0. The van der Waals surface area contributed by atoms with E-state index in [1.807, 2.05) is 0 Å². The third kappa shape index (κ3) is 3.88. The number of nitrogens with zero attached hydrogens (tertiary/aromatic N) is 6. The lowest BCUT2D eigenvalue weighted by Crippen LogP contribution is -2.33. The number of aromatic amines is 2. The van der Waals surface area contributed by atoms with E-state index in [-0.39, 0.29) is 17.6 Å². The number of anilines is 1. The first-order valence-electron chi connectivity index (χ1n) is 11.4. The largest absolute Gasteiger partial charge is 0.493 e. The van der Waals surface area contributed by atoms with Gasteiger partial charge in [-0.05, 0) is 57.7 Å². The van der Waals surface area contributed by atoms with Gasteiger partial charge >= 0.3 is 5.69 Å². The summed E-state index contributed by atoms with van der Waals surface area (Å²) in [5, 5.41) is 18.5. The van der Waals surface area contributed by atoms with Gasteiger partial charge in [0.05, 0.1) is 12.2 Å². The van der Waals surface area contributed by atoms with Crippen LogP contribution in [0, 0.1) is 5.41 Å². The fourth-order valence-electron chi connectivity index (χ4n) is 4.41. The Morgan fingerprint density at radius 2 is 2.06 bits per heavy atom. The number of likely N-dealkylation sites (tertiary alicyclic amines) is 1. The quantitative estimate of drug-likeness (QED) is 0.399. The Balaban J connectivity index is 1.34. The molecule has 6 rings (SSSR count). The van der Waals surface area contributed by atoms with Gasteiger partial charge in [-0.15, -0.1) is 0 Å². The van der Waals surface area contributed by atoms with Gasteiger partial charge in [-0.3, -0.25) is 4.98 Å². The summed E-state index contributed by atoms with van der Waals surface area (Å²) >= 11 is 0. The topological polar surface area (TPSA) is 140 Å². The molecule has 11 nitrogen and oxygen atoms in total. The molecule has 0 amide bonds. The number of H-pyrrole nitrogens is 2. The van der Waals surface area contributed by atoms with E-state index >= 15 is 0 Å². The second-order valence-electron chi connectivity index (χ2n) is 9.37. The van der Waals surface area contributed by atoms with E-state index in [2.05, 4.69) is 30.3 Å². The van der Waals surface area contributed by atoms with Crippen molar-refractivity contribution in [2.24, 2.45) is 10.4 Å². The fraction of sp³-hybridized carbons (Fsp3) is 0.571. The number of nitrogens with one attached hydrogen (secondary N) is 3. The van der Waals surface area contributed by atoms with Gasteiger partial charge in [-0.2, -0.15) is 19.6 Å². The van der Waals surface area contributed by atoms with Crippen molar-refractivity contribution in [3.63, 3.8) is 0 Å². The average molecular weight is 438 g/mol. The lowest BCUT2D eigenvalue weighted by atomic mass is 10.1. The molecule has 3 aliphatic rings. The Morgan fingerprint density at radius 1 is 1.25 bits per heavy atom. The molecular weight excluding hydrogens is 410 g/mol. The Hall–Kier alpha value is -3.21. The van der Waals surface area contributed by atoms with E-state index < -0.39 is 5.69 Å². The maximum atomic E-state index is 11.5. The molecule has 2 saturated carbocycles. The van der Waals surface area contributed by atoms with Crippen molar-refractivity contribution in [1.29, 1.82) is 0 Å². The minimum Gasteiger partial charge on any atom is -0.493 e. The number of hydrogen-bond donors (Lipinski definition) is 4. The normalized spacial score (nSPS) is 21.6. The van der Waals surface area contributed by atoms with Gasteiger partial charge in [0.25, 0.3) is 5.62 Å². The number of aromatic nitrogens is 6. The van der Waals surface area contributed by atoms with E-state index in [0.717, 1.165) is 25.9 Å². The minimum atomic E-state index is -0.473. The van der Waals surface area contributed by atoms with Gasteiger partial charge in [0, 0.05) is 23.7 Å². The van der Waals surface area contributed by atoms with Gasteiger partial charge in [-0.25, -0.2) is 9.79 Å². The van der Waals surface area contributed by atoms with Crippen molar-refractivity contribution in [2.45, 2.75) is 44.6 Å². The highest BCUT2D eigenvalue weighted by atomic mass is 16.3. The second kappa shape index (κ2) is 7.44. The third-order valence-corrected chi connectivity index (χ3v) is 6.59. The van der Waals surface area contributed by atoms with Gasteiger partial charge < -0.3 is 20.3 Å². The van der Waals surface area contributed by atoms with Crippen LogP contribution in [0.1, 0.15) is 44.2 Å². The molecule has 1 saturated heterocycles. The highest BCUT2D eigenvalue weighted by molar-refractivity contribution is 5.57. The van der Waals surface area contributed by atoms with Crippen LogP contribution >= 0.6 is 0 Å². The summed E-state index contributed by atoms with van der Waals surface area (Å²) in [5.41, 5.74) is 1.21. The first-order chi connectivity index (χ1) is 15.6. The molecule has 0 aromatic carbocycles. The summed E-state index contributed by atoms with van der Waals surface area (Å²) in [6.45, 7) is 4.38. The highest BCUT2D eigenvalue weighted by Crippen LogP contribution is 2.46. The van der Waals surface area contributed by atoms with Crippen molar-refractivity contribution in [2.75, 3.05) is 31.5 Å². The van der Waals surface area contributed by atoms with Crippen molar-refractivity contribution in [3.8, 4) is 5.88 Å². The minimum absolute atomic E-state index is 0.220. The van der Waals surface area contributed by atoms with E-state index in [4.69, 9.17) is 9.98 Å². The molecular formula is C21H27N9O2. The molecule has 11 heteroatoms. The van der Waals surface area contributed by atoms with Crippen LogP contribution in [0.3, 0.4) is 0 Å². The van der Waals surface area contributed by atoms with E-state index in [0.29, 0.717) is 27.8 Å². The van der Waals surface area contributed by atoms with Crippen molar-refractivity contribution in [3.05, 3.63) is 33.2 Å². The first kappa shape index (κ1) is 19.5. The molecule has 0 bridgehead atoms. The zero-order valence-electron chi connectivity index (χ0n) is 17.8. The van der Waals surface area contributed by atoms with E-state index in [9.17, 15) is 9.90 Å². The van der Waals surface area contributed by atoms with Crippen LogP contribution in [0.4, 0.5) is 5.95 Å². The molecule has 32 heavy (non-hydrogen) atoms. The average Bonchev–Trinajstić information content (AvgIpc) is 3.59. The summed E-state index contributed by atoms with van der Waals surface area (Å²) in [7, 11) is 0. The van der Waals surface area contributed by atoms with Crippen LogP contribution < -0.4 is 21.8 Å². The smallest absolute Gasteiger partial charge is 0.326 e. The van der Waals surface area contributed by atoms with Gasteiger partial charge in [-0.1, -0.05) is 0 Å². The Kier molecular flexibility index (Phi) is 4.53. The number of aromatic hydroxyl groups is 1. The molecule has 3 aromatic rings. The first-order valence-corrected chi connectivity index (χ1v) is 11.4. The second-order valence-corrected chi connectivity index (χ2v) is 9.37. The Labute approximate surface area is 183 Å².